The summed E-state index contributed by atoms with van der Waals surface area (Å²) in [6, 6.07) is 10.8. The highest BCUT2D eigenvalue weighted by Crippen LogP contribution is 2.58. The van der Waals surface area contributed by atoms with Gasteiger partial charge in [0.05, 0.1) is 0 Å². The summed E-state index contributed by atoms with van der Waals surface area (Å²) < 4.78 is 0. The van der Waals surface area contributed by atoms with Crippen molar-refractivity contribution in [1.82, 2.24) is 10.6 Å². The Balaban J connectivity index is 1.49. The molecule has 0 bridgehead atoms. The molecule has 2 fully saturated rings. The number of amides is 1. The van der Waals surface area contributed by atoms with E-state index in [1.807, 2.05) is 6.07 Å². The van der Waals surface area contributed by atoms with Crippen molar-refractivity contribution in [2.75, 3.05) is 13.1 Å². The zero-order valence-corrected chi connectivity index (χ0v) is 13.8. The van der Waals surface area contributed by atoms with Crippen LogP contribution in [-0.4, -0.2) is 25.0 Å². The van der Waals surface area contributed by atoms with E-state index in [1.54, 1.807) is 0 Å². The highest BCUT2D eigenvalue weighted by atomic mass is 16.1. The number of rotatable bonds is 5. The summed E-state index contributed by atoms with van der Waals surface area (Å²) in [4.78, 5) is 12.3. The highest BCUT2D eigenvalue weighted by molar-refractivity contribution is 5.77. The minimum Gasteiger partial charge on any atom is -0.352 e. The summed E-state index contributed by atoms with van der Waals surface area (Å²) >= 11 is 0. The summed E-state index contributed by atoms with van der Waals surface area (Å²) in [6.07, 6.45) is 4.15. The number of carbonyl (C=O) groups is 1. The number of piperidine rings is 1. The molecule has 2 atom stereocenters. The molecule has 1 saturated heterocycles. The SMILES string of the molecule is CC1(C)[C@@H](NC(=O)CCC2CCNCC2)[C@@H]1c1ccccc1. The summed E-state index contributed by atoms with van der Waals surface area (Å²) in [5, 5.41) is 6.66. The van der Waals surface area contributed by atoms with E-state index >= 15 is 0 Å². The third-order valence-electron chi connectivity index (χ3n) is 5.54. The second-order valence-corrected chi connectivity index (χ2v) is 7.49. The lowest BCUT2D eigenvalue weighted by atomic mass is 9.93. The van der Waals surface area contributed by atoms with Crippen LogP contribution in [0.15, 0.2) is 30.3 Å². The van der Waals surface area contributed by atoms with Gasteiger partial charge in [-0.2, -0.15) is 0 Å². The second kappa shape index (κ2) is 6.41. The van der Waals surface area contributed by atoms with Gasteiger partial charge in [0.1, 0.15) is 0 Å². The van der Waals surface area contributed by atoms with Gasteiger partial charge < -0.3 is 10.6 Å². The zero-order chi connectivity index (χ0) is 15.6. The van der Waals surface area contributed by atoms with Crippen molar-refractivity contribution in [1.29, 1.82) is 0 Å². The average Bonchev–Trinajstić information content (AvgIpc) is 3.07. The van der Waals surface area contributed by atoms with Gasteiger partial charge in [0, 0.05) is 18.4 Å². The molecule has 1 saturated carbocycles. The number of nitrogens with one attached hydrogen (secondary N) is 2. The summed E-state index contributed by atoms with van der Waals surface area (Å²) in [6.45, 7) is 6.72. The standard InChI is InChI=1S/C19H28N2O/c1-19(2)17(15-6-4-3-5-7-15)18(19)21-16(22)9-8-14-10-12-20-13-11-14/h3-7,14,17-18,20H,8-13H2,1-2H3,(H,21,22)/t17-,18-/m0/s1. The van der Waals surface area contributed by atoms with E-state index in [0.717, 1.165) is 25.4 Å². The van der Waals surface area contributed by atoms with Gasteiger partial charge in [-0.1, -0.05) is 44.2 Å². The van der Waals surface area contributed by atoms with Crippen LogP contribution in [0.4, 0.5) is 0 Å². The fourth-order valence-electron chi connectivity index (χ4n) is 3.94. The Bertz CT molecular complexity index is 505. The van der Waals surface area contributed by atoms with Gasteiger partial charge in [0.2, 0.25) is 5.91 Å². The van der Waals surface area contributed by atoms with Crippen LogP contribution in [0.2, 0.25) is 0 Å². The average molecular weight is 300 g/mol. The Morgan fingerprint density at radius 3 is 2.59 bits per heavy atom. The molecule has 3 heteroatoms. The van der Waals surface area contributed by atoms with Gasteiger partial charge in [-0.3, -0.25) is 4.79 Å². The lowest BCUT2D eigenvalue weighted by molar-refractivity contribution is -0.121. The Hall–Kier alpha value is -1.35. The largest absolute Gasteiger partial charge is 0.352 e. The number of hydrogen-bond acceptors (Lipinski definition) is 2. The van der Waals surface area contributed by atoms with E-state index in [-0.39, 0.29) is 17.4 Å². The van der Waals surface area contributed by atoms with Crippen LogP contribution in [0, 0.1) is 11.3 Å². The lowest BCUT2D eigenvalue weighted by Gasteiger charge is -2.22. The van der Waals surface area contributed by atoms with Crippen molar-refractivity contribution >= 4 is 5.91 Å². The van der Waals surface area contributed by atoms with Crippen molar-refractivity contribution in [2.24, 2.45) is 11.3 Å². The molecule has 1 aromatic carbocycles. The maximum Gasteiger partial charge on any atom is 0.220 e. The number of carbonyl (C=O) groups excluding carboxylic acids is 1. The first-order valence-electron chi connectivity index (χ1n) is 8.64. The Morgan fingerprint density at radius 2 is 1.91 bits per heavy atom. The monoisotopic (exact) mass is 300 g/mol. The van der Waals surface area contributed by atoms with Crippen LogP contribution in [0.5, 0.6) is 0 Å². The second-order valence-electron chi connectivity index (χ2n) is 7.49. The lowest BCUT2D eigenvalue weighted by Crippen LogP contribution is -2.31. The Morgan fingerprint density at radius 1 is 1.23 bits per heavy atom. The van der Waals surface area contributed by atoms with Crippen LogP contribution in [0.1, 0.15) is 51.0 Å². The van der Waals surface area contributed by atoms with Crippen molar-refractivity contribution in [3.05, 3.63) is 35.9 Å². The van der Waals surface area contributed by atoms with Gasteiger partial charge in [0.15, 0.2) is 0 Å². The molecular weight excluding hydrogens is 272 g/mol. The normalized spacial score (nSPS) is 27.4. The molecule has 0 unspecified atom stereocenters. The third-order valence-corrected chi connectivity index (χ3v) is 5.54. The maximum absolute atomic E-state index is 12.3. The summed E-state index contributed by atoms with van der Waals surface area (Å²) in [5.41, 5.74) is 1.52. The zero-order valence-electron chi connectivity index (χ0n) is 13.8. The molecule has 3 rings (SSSR count). The maximum atomic E-state index is 12.3. The Kier molecular flexibility index (Phi) is 4.53. The predicted octanol–water partition coefficient (Wildman–Crippen LogP) is 3.07. The van der Waals surface area contributed by atoms with E-state index in [0.29, 0.717) is 12.3 Å². The molecule has 120 valence electrons. The molecular formula is C19H28N2O. The summed E-state index contributed by atoms with van der Waals surface area (Å²) in [7, 11) is 0. The first-order valence-corrected chi connectivity index (χ1v) is 8.64. The molecule has 2 aliphatic rings. The first kappa shape index (κ1) is 15.5. The first-order chi connectivity index (χ1) is 10.6. The van der Waals surface area contributed by atoms with E-state index in [9.17, 15) is 4.79 Å². The topological polar surface area (TPSA) is 41.1 Å². The van der Waals surface area contributed by atoms with Crippen molar-refractivity contribution < 1.29 is 4.79 Å². The molecule has 0 aromatic heterocycles. The highest BCUT2D eigenvalue weighted by Gasteiger charge is 2.58. The van der Waals surface area contributed by atoms with Gasteiger partial charge >= 0.3 is 0 Å². The quantitative estimate of drug-likeness (QED) is 0.877. The Labute approximate surface area is 133 Å². The van der Waals surface area contributed by atoms with Gasteiger partial charge in [-0.05, 0) is 49.2 Å². The van der Waals surface area contributed by atoms with Crippen molar-refractivity contribution in [3.63, 3.8) is 0 Å². The van der Waals surface area contributed by atoms with Crippen LogP contribution in [-0.2, 0) is 4.79 Å². The molecule has 0 spiro atoms. The van der Waals surface area contributed by atoms with Gasteiger partial charge in [-0.25, -0.2) is 0 Å². The van der Waals surface area contributed by atoms with Gasteiger partial charge in [-0.15, -0.1) is 0 Å². The predicted molar refractivity (Wildman–Crippen MR) is 89.7 cm³/mol. The molecule has 22 heavy (non-hydrogen) atoms. The fraction of sp³-hybridized carbons (Fsp3) is 0.632. The minimum atomic E-state index is 0.172. The van der Waals surface area contributed by atoms with Crippen LogP contribution >= 0.6 is 0 Å². The summed E-state index contributed by atoms with van der Waals surface area (Å²) in [5.74, 6) is 1.41. The van der Waals surface area contributed by atoms with Crippen molar-refractivity contribution in [2.45, 2.75) is 51.5 Å². The van der Waals surface area contributed by atoms with Crippen LogP contribution in [0.3, 0.4) is 0 Å². The van der Waals surface area contributed by atoms with Crippen molar-refractivity contribution in [3.8, 4) is 0 Å². The molecule has 2 N–H and O–H groups in total. The minimum absolute atomic E-state index is 0.172. The molecule has 1 aliphatic carbocycles. The molecule has 1 amide bonds. The molecule has 1 heterocycles. The molecule has 1 aliphatic heterocycles. The van der Waals surface area contributed by atoms with Crippen LogP contribution in [0.25, 0.3) is 0 Å². The van der Waals surface area contributed by atoms with Gasteiger partial charge in [0.25, 0.3) is 0 Å². The fourth-order valence-corrected chi connectivity index (χ4v) is 3.94. The molecule has 1 aromatic rings. The van der Waals surface area contributed by atoms with Crippen LogP contribution < -0.4 is 10.6 Å². The third kappa shape index (κ3) is 3.35. The molecule has 0 radical (unpaired) electrons. The smallest absolute Gasteiger partial charge is 0.220 e. The number of benzene rings is 1. The van der Waals surface area contributed by atoms with E-state index in [4.69, 9.17) is 0 Å². The van der Waals surface area contributed by atoms with E-state index in [2.05, 4.69) is 48.7 Å². The number of hydrogen-bond donors (Lipinski definition) is 2. The van der Waals surface area contributed by atoms with E-state index < -0.39 is 0 Å². The van der Waals surface area contributed by atoms with E-state index in [1.165, 1.54) is 18.4 Å². The molecule has 3 nitrogen and oxygen atoms in total.